The third kappa shape index (κ3) is 3.39. The summed E-state index contributed by atoms with van der Waals surface area (Å²) in [7, 11) is 0. The number of carboxylic acids is 1. The van der Waals surface area contributed by atoms with Crippen LogP contribution in [0.2, 0.25) is 0 Å². The first-order chi connectivity index (χ1) is 7.15. The number of benzene rings is 1. The van der Waals surface area contributed by atoms with Gasteiger partial charge in [-0.2, -0.15) is 0 Å². The summed E-state index contributed by atoms with van der Waals surface area (Å²) in [5.41, 5.74) is 2.05. The zero-order valence-electron chi connectivity index (χ0n) is 9.36. The minimum atomic E-state index is -0.714. The average molecular weight is 206 g/mol. The number of carbonyl (C=O) groups is 1. The van der Waals surface area contributed by atoms with Crippen molar-refractivity contribution in [1.29, 1.82) is 0 Å². The Bertz CT molecular complexity index is 331. The van der Waals surface area contributed by atoms with E-state index >= 15 is 0 Å². The zero-order valence-corrected chi connectivity index (χ0v) is 9.36. The summed E-state index contributed by atoms with van der Waals surface area (Å²) >= 11 is 0. The molecule has 1 aromatic carbocycles. The average Bonchev–Trinajstić information content (AvgIpc) is 2.18. The summed E-state index contributed by atoms with van der Waals surface area (Å²) in [4.78, 5) is 11.1. The fourth-order valence-corrected chi connectivity index (χ4v) is 1.73. The van der Waals surface area contributed by atoms with Crippen molar-refractivity contribution in [2.45, 2.75) is 39.0 Å². The van der Waals surface area contributed by atoms with Gasteiger partial charge in [0.05, 0.1) is 5.92 Å². The highest BCUT2D eigenvalue weighted by Crippen LogP contribution is 2.23. The van der Waals surface area contributed by atoms with Gasteiger partial charge in [-0.15, -0.1) is 0 Å². The fraction of sp³-hybridized carbons (Fsp3) is 0.462. The molecule has 82 valence electrons. The van der Waals surface area contributed by atoms with Gasteiger partial charge in [0, 0.05) is 0 Å². The highest BCUT2D eigenvalue weighted by Gasteiger charge is 2.18. The van der Waals surface area contributed by atoms with Gasteiger partial charge in [-0.3, -0.25) is 4.79 Å². The Hall–Kier alpha value is -1.31. The molecule has 0 saturated carbocycles. The van der Waals surface area contributed by atoms with Crippen molar-refractivity contribution >= 4 is 5.97 Å². The maximum absolute atomic E-state index is 11.1. The second-order valence-corrected chi connectivity index (χ2v) is 3.95. The van der Waals surface area contributed by atoms with Crippen LogP contribution < -0.4 is 0 Å². The van der Waals surface area contributed by atoms with E-state index in [2.05, 4.69) is 6.92 Å². The molecule has 0 spiro atoms. The van der Waals surface area contributed by atoms with Crippen LogP contribution in [0.25, 0.3) is 0 Å². The molecule has 0 fully saturated rings. The van der Waals surface area contributed by atoms with Crippen molar-refractivity contribution < 1.29 is 9.90 Å². The molecule has 0 aromatic heterocycles. The Morgan fingerprint density at radius 1 is 1.47 bits per heavy atom. The van der Waals surface area contributed by atoms with Gasteiger partial charge in [0.25, 0.3) is 0 Å². The number of rotatable bonds is 5. The van der Waals surface area contributed by atoms with Crippen molar-refractivity contribution in [3.63, 3.8) is 0 Å². The molecule has 0 aliphatic rings. The van der Waals surface area contributed by atoms with Crippen LogP contribution >= 0.6 is 0 Å². The van der Waals surface area contributed by atoms with Gasteiger partial charge in [-0.1, -0.05) is 49.6 Å². The Morgan fingerprint density at radius 2 is 2.20 bits per heavy atom. The Balaban J connectivity index is 2.84. The standard InChI is InChI=1S/C13H18O2/c1-3-4-8-12(13(14)15)11-7-5-6-10(2)9-11/h5-7,9,12H,3-4,8H2,1-2H3,(H,14,15). The summed E-state index contributed by atoms with van der Waals surface area (Å²) in [6.07, 6.45) is 2.73. The topological polar surface area (TPSA) is 37.3 Å². The fourth-order valence-electron chi connectivity index (χ4n) is 1.73. The number of carboxylic acid groups (broad SMARTS) is 1. The lowest BCUT2D eigenvalue weighted by Gasteiger charge is -2.12. The molecule has 1 unspecified atom stereocenters. The van der Waals surface area contributed by atoms with Gasteiger partial charge < -0.3 is 5.11 Å². The highest BCUT2D eigenvalue weighted by molar-refractivity contribution is 5.76. The van der Waals surface area contributed by atoms with E-state index < -0.39 is 5.97 Å². The van der Waals surface area contributed by atoms with Crippen molar-refractivity contribution in [3.05, 3.63) is 35.4 Å². The predicted molar refractivity (Wildman–Crippen MR) is 61.1 cm³/mol. The summed E-state index contributed by atoms with van der Waals surface area (Å²) < 4.78 is 0. The van der Waals surface area contributed by atoms with Crippen molar-refractivity contribution in [2.24, 2.45) is 0 Å². The van der Waals surface area contributed by atoms with E-state index in [1.165, 1.54) is 0 Å². The molecule has 2 nitrogen and oxygen atoms in total. The van der Waals surface area contributed by atoms with Crippen LogP contribution in [0.1, 0.15) is 43.2 Å². The first-order valence-electron chi connectivity index (χ1n) is 5.44. The van der Waals surface area contributed by atoms with E-state index in [0.717, 1.165) is 30.4 Å². The van der Waals surface area contributed by atoms with E-state index in [9.17, 15) is 4.79 Å². The monoisotopic (exact) mass is 206 g/mol. The number of aliphatic carboxylic acids is 1. The van der Waals surface area contributed by atoms with Crippen LogP contribution in [0.15, 0.2) is 24.3 Å². The number of unbranched alkanes of at least 4 members (excludes halogenated alkanes) is 1. The predicted octanol–water partition coefficient (Wildman–Crippen LogP) is 3.35. The first kappa shape index (κ1) is 11.8. The normalized spacial score (nSPS) is 12.4. The van der Waals surface area contributed by atoms with Gasteiger partial charge in [-0.25, -0.2) is 0 Å². The molecule has 1 aromatic rings. The van der Waals surface area contributed by atoms with Crippen molar-refractivity contribution in [3.8, 4) is 0 Å². The lowest BCUT2D eigenvalue weighted by atomic mass is 9.93. The van der Waals surface area contributed by atoms with Crippen molar-refractivity contribution in [1.82, 2.24) is 0 Å². The van der Waals surface area contributed by atoms with E-state index in [1.807, 2.05) is 31.2 Å². The maximum atomic E-state index is 11.1. The van der Waals surface area contributed by atoms with Gasteiger partial charge in [-0.05, 0) is 18.9 Å². The van der Waals surface area contributed by atoms with Crippen LogP contribution in [-0.4, -0.2) is 11.1 Å². The molecule has 0 radical (unpaired) electrons. The summed E-state index contributed by atoms with van der Waals surface area (Å²) in [6, 6.07) is 7.78. The summed E-state index contributed by atoms with van der Waals surface area (Å²) in [5, 5.41) is 9.14. The van der Waals surface area contributed by atoms with Gasteiger partial charge >= 0.3 is 5.97 Å². The smallest absolute Gasteiger partial charge is 0.310 e. The second-order valence-electron chi connectivity index (χ2n) is 3.95. The minimum absolute atomic E-state index is 0.343. The third-order valence-corrected chi connectivity index (χ3v) is 2.59. The van der Waals surface area contributed by atoms with Crippen LogP contribution in [0.5, 0.6) is 0 Å². The number of hydrogen-bond acceptors (Lipinski definition) is 1. The van der Waals surface area contributed by atoms with Gasteiger partial charge in [0.2, 0.25) is 0 Å². The molecular formula is C13H18O2. The first-order valence-corrected chi connectivity index (χ1v) is 5.44. The van der Waals surface area contributed by atoms with Gasteiger partial charge in [0.1, 0.15) is 0 Å². The lowest BCUT2D eigenvalue weighted by molar-refractivity contribution is -0.139. The minimum Gasteiger partial charge on any atom is -0.481 e. The highest BCUT2D eigenvalue weighted by atomic mass is 16.4. The Kier molecular flexibility index (Phi) is 4.35. The molecule has 0 aliphatic carbocycles. The molecule has 1 atom stereocenters. The quantitative estimate of drug-likeness (QED) is 0.802. The SMILES string of the molecule is CCCCC(C(=O)O)c1cccc(C)c1. The molecule has 0 heterocycles. The van der Waals surface area contributed by atoms with Crippen LogP contribution in [0.3, 0.4) is 0 Å². The molecule has 0 saturated heterocycles. The van der Waals surface area contributed by atoms with Crippen molar-refractivity contribution in [2.75, 3.05) is 0 Å². The summed E-state index contributed by atoms with van der Waals surface area (Å²) in [6.45, 7) is 4.07. The second kappa shape index (κ2) is 5.54. The largest absolute Gasteiger partial charge is 0.481 e. The van der Waals surface area contributed by atoms with Crippen LogP contribution in [-0.2, 0) is 4.79 Å². The van der Waals surface area contributed by atoms with E-state index in [4.69, 9.17) is 5.11 Å². The molecule has 2 heteroatoms. The van der Waals surface area contributed by atoms with Crippen LogP contribution in [0.4, 0.5) is 0 Å². The zero-order chi connectivity index (χ0) is 11.3. The third-order valence-electron chi connectivity index (χ3n) is 2.59. The number of aryl methyl sites for hydroxylation is 1. The summed E-state index contributed by atoms with van der Waals surface area (Å²) in [5.74, 6) is -1.06. The lowest BCUT2D eigenvalue weighted by Crippen LogP contribution is -2.11. The van der Waals surface area contributed by atoms with E-state index in [1.54, 1.807) is 0 Å². The van der Waals surface area contributed by atoms with E-state index in [0.29, 0.717) is 0 Å². The number of hydrogen-bond donors (Lipinski definition) is 1. The molecule has 1 N–H and O–H groups in total. The molecule has 0 aliphatic heterocycles. The molecule has 1 rings (SSSR count). The Morgan fingerprint density at radius 3 is 2.73 bits per heavy atom. The van der Waals surface area contributed by atoms with E-state index in [-0.39, 0.29) is 5.92 Å². The Labute approximate surface area is 90.9 Å². The molecule has 0 amide bonds. The molecular weight excluding hydrogens is 188 g/mol. The molecule has 0 bridgehead atoms. The van der Waals surface area contributed by atoms with Gasteiger partial charge in [0.15, 0.2) is 0 Å². The molecule has 15 heavy (non-hydrogen) atoms. The van der Waals surface area contributed by atoms with Crippen LogP contribution in [0, 0.1) is 6.92 Å². The maximum Gasteiger partial charge on any atom is 0.310 e.